The average Bonchev–Trinajstić information content (AvgIpc) is 2.93. The highest BCUT2D eigenvalue weighted by molar-refractivity contribution is 5.82. The second-order valence-electron chi connectivity index (χ2n) is 15.8. The van der Waals surface area contributed by atoms with Gasteiger partial charge in [-0.25, -0.2) is 0 Å². The number of carbonyl (C=O) groups is 1. The molecule has 0 radical (unpaired) electrons. The molecule has 5 aliphatic carbocycles. The van der Waals surface area contributed by atoms with E-state index in [1.165, 1.54) is 0 Å². The number of rotatable bonds is 0. The molecule has 1 aliphatic heterocycles. The first-order valence-corrected chi connectivity index (χ1v) is 14.2. The maximum Gasteiger partial charge on any atom is 0.313 e. The molecular formula is C30H48O4. The SMILES string of the molecule is CC1(C)CC[C@@]23CC[C@]4(C)[C@@](OC2=O)([C@@H]3C1)[C@@H](O)C[C@@H]1[C@@]2(C)CC[C@H](O)C(C)(C)[C@@H]2CC[C@]14C. The van der Waals surface area contributed by atoms with E-state index in [1.807, 2.05) is 0 Å². The molecule has 192 valence electrons. The van der Waals surface area contributed by atoms with Gasteiger partial charge in [-0.3, -0.25) is 4.79 Å². The van der Waals surface area contributed by atoms with Crippen LogP contribution in [0.4, 0.5) is 0 Å². The quantitative estimate of drug-likeness (QED) is 0.432. The first kappa shape index (κ1) is 23.8. The maximum atomic E-state index is 13.7. The Morgan fingerprint density at radius 3 is 2.15 bits per heavy atom. The van der Waals surface area contributed by atoms with Crippen molar-refractivity contribution in [2.75, 3.05) is 0 Å². The zero-order chi connectivity index (χ0) is 24.7. The van der Waals surface area contributed by atoms with Crippen LogP contribution in [0.25, 0.3) is 0 Å². The first-order valence-electron chi connectivity index (χ1n) is 14.2. The van der Waals surface area contributed by atoms with Crippen LogP contribution >= 0.6 is 0 Å². The molecular weight excluding hydrogens is 424 g/mol. The maximum absolute atomic E-state index is 13.7. The Balaban J connectivity index is 1.49. The number of esters is 1. The summed E-state index contributed by atoms with van der Waals surface area (Å²) >= 11 is 0. The molecule has 34 heavy (non-hydrogen) atoms. The van der Waals surface area contributed by atoms with Gasteiger partial charge in [0, 0.05) is 11.3 Å². The number of aliphatic hydroxyl groups is 2. The number of carbonyl (C=O) groups excluding carboxylic acids is 1. The number of hydrogen-bond donors (Lipinski definition) is 2. The van der Waals surface area contributed by atoms with E-state index < -0.39 is 11.7 Å². The molecule has 1 spiro atoms. The van der Waals surface area contributed by atoms with Crippen LogP contribution in [0.2, 0.25) is 0 Å². The molecule has 0 aromatic carbocycles. The van der Waals surface area contributed by atoms with Crippen LogP contribution in [-0.2, 0) is 9.53 Å². The summed E-state index contributed by atoms with van der Waals surface area (Å²) in [7, 11) is 0. The predicted molar refractivity (Wildman–Crippen MR) is 132 cm³/mol. The molecule has 1 heterocycles. The smallest absolute Gasteiger partial charge is 0.313 e. The lowest BCUT2D eigenvalue weighted by molar-refractivity contribution is -0.317. The molecule has 0 amide bonds. The van der Waals surface area contributed by atoms with Crippen molar-refractivity contribution in [1.29, 1.82) is 0 Å². The second-order valence-corrected chi connectivity index (χ2v) is 15.8. The summed E-state index contributed by atoms with van der Waals surface area (Å²) in [6, 6.07) is 0. The van der Waals surface area contributed by atoms with E-state index >= 15 is 0 Å². The molecule has 2 bridgehead atoms. The van der Waals surface area contributed by atoms with Crippen molar-refractivity contribution in [2.45, 2.75) is 130 Å². The molecule has 4 nitrogen and oxygen atoms in total. The molecule has 0 aromatic heterocycles. The van der Waals surface area contributed by atoms with Crippen LogP contribution in [0.1, 0.15) is 113 Å². The summed E-state index contributed by atoms with van der Waals surface area (Å²) < 4.78 is 6.64. The van der Waals surface area contributed by atoms with Crippen molar-refractivity contribution >= 4 is 5.97 Å². The average molecular weight is 473 g/mol. The summed E-state index contributed by atoms with van der Waals surface area (Å²) in [4.78, 5) is 13.7. The standard InChI is InChI=1S/C30H48O4/c1-24(2)12-14-29-15-13-28(7)27(6)11-8-18-25(3,4)21(31)9-10-26(18,5)19(27)16-22(32)30(28,20(29)17-24)34-23(29)33/h18-22,31-32H,8-17H2,1-7H3/t18-,19+,20+,21-,22-,26-,27+,28-,29-,30+/m0/s1. The van der Waals surface area contributed by atoms with Gasteiger partial charge in [0.05, 0.1) is 17.6 Å². The minimum atomic E-state index is -0.752. The van der Waals surface area contributed by atoms with Gasteiger partial charge in [0.25, 0.3) is 0 Å². The van der Waals surface area contributed by atoms with Gasteiger partial charge in [0.2, 0.25) is 0 Å². The van der Waals surface area contributed by atoms with Gasteiger partial charge >= 0.3 is 5.97 Å². The van der Waals surface area contributed by atoms with Crippen LogP contribution in [0.3, 0.4) is 0 Å². The van der Waals surface area contributed by atoms with Gasteiger partial charge in [-0.1, -0.05) is 48.5 Å². The normalized spacial score (nSPS) is 59.2. The van der Waals surface area contributed by atoms with Crippen LogP contribution in [-0.4, -0.2) is 34.0 Å². The third kappa shape index (κ3) is 2.34. The molecule has 6 rings (SSSR count). The number of aliphatic hydroxyl groups excluding tert-OH is 2. The van der Waals surface area contributed by atoms with Crippen molar-refractivity contribution in [3.63, 3.8) is 0 Å². The minimum Gasteiger partial charge on any atom is -0.455 e. The molecule has 0 unspecified atom stereocenters. The zero-order valence-electron chi connectivity index (χ0n) is 22.7. The van der Waals surface area contributed by atoms with Gasteiger partial charge in [0.1, 0.15) is 5.60 Å². The summed E-state index contributed by atoms with van der Waals surface area (Å²) in [6.45, 7) is 16.6. The Morgan fingerprint density at radius 2 is 1.44 bits per heavy atom. The predicted octanol–water partition coefficient (Wildman–Crippen LogP) is 5.88. The molecule has 5 saturated carbocycles. The lowest BCUT2D eigenvalue weighted by Crippen LogP contribution is -2.76. The summed E-state index contributed by atoms with van der Waals surface area (Å²) in [5.41, 5.74) is -1.19. The highest BCUT2D eigenvalue weighted by Crippen LogP contribution is 2.80. The van der Waals surface area contributed by atoms with Gasteiger partial charge < -0.3 is 14.9 Å². The van der Waals surface area contributed by atoms with Crippen LogP contribution in [0.5, 0.6) is 0 Å². The Hall–Kier alpha value is -0.610. The molecule has 4 heteroatoms. The molecule has 10 atom stereocenters. The summed E-state index contributed by atoms with van der Waals surface area (Å²) in [5.74, 6) is 0.950. The highest BCUT2D eigenvalue weighted by atomic mass is 16.6. The van der Waals surface area contributed by atoms with Crippen molar-refractivity contribution in [2.24, 2.45) is 50.2 Å². The molecule has 6 aliphatic rings. The third-order valence-corrected chi connectivity index (χ3v) is 14.0. The Kier molecular flexibility index (Phi) is 4.50. The number of ether oxygens (including phenoxy) is 1. The van der Waals surface area contributed by atoms with Crippen molar-refractivity contribution in [3.05, 3.63) is 0 Å². The highest BCUT2D eigenvalue weighted by Gasteiger charge is 2.83. The van der Waals surface area contributed by atoms with Crippen LogP contribution < -0.4 is 0 Å². The van der Waals surface area contributed by atoms with Gasteiger partial charge in [-0.05, 0) is 97.7 Å². The summed E-state index contributed by atoms with van der Waals surface area (Å²) in [5, 5.41) is 23.1. The molecule has 0 aromatic rings. The lowest BCUT2D eigenvalue weighted by Gasteiger charge is -2.74. The van der Waals surface area contributed by atoms with Crippen molar-refractivity contribution in [3.8, 4) is 0 Å². The van der Waals surface area contributed by atoms with Gasteiger partial charge in [-0.15, -0.1) is 0 Å². The van der Waals surface area contributed by atoms with Gasteiger partial charge in [-0.2, -0.15) is 0 Å². The van der Waals surface area contributed by atoms with E-state index in [0.29, 0.717) is 11.8 Å². The lowest BCUT2D eigenvalue weighted by atomic mass is 9.30. The zero-order valence-corrected chi connectivity index (χ0v) is 22.7. The van der Waals surface area contributed by atoms with Crippen molar-refractivity contribution < 1.29 is 19.7 Å². The third-order valence-electron chi connectivity index (χ3n) is 14.0. The fourth-order valence-electron chi connectivity index (χ4n) is 11.8. The Labute approximate surface area is 206 Å². The Morgan fingerprint density at radius 1 is 0.765 bits per heavy atom. The minimum absolute atomic E-state index is 0.000329. The fourth-order valence-corrected chi connectivity index (χ4v) is 11.8. The van der Waals surface area contributed by atoms with E-state index in [9.17, 15) is 15.0 Å². The van der Waals surface area contributed by atoms with E-state index in [0.717, 1.165) is 64.2 Å². The fraction of sp³-hybridized carbons (Fsp3) is 0.967. The van der Waals surface area contributed by atoms with E-state index in [2.05, 4.69) is 48.5 Å². The number of fused-ring (bicyclic) bond motifs is 4. The van der Waals surface area contributed by atoms with E-state index in [1.54, 1.807) is 0 Å². The summed E-state index contributed by atoms with van der Waals surface area (Å²) in [6.07, 6.45) is 8.82. The second kappa shape index (κ2) is 6.44. The Bertz CT molecular complexity index is 925. The molecule has 1 saturated heterocycles. The monoisotopic (exact) mass is 472 g/mol. The van der Waals surface area contributed by atoms with Crippen molar-refractivity contribution in [1.82, 2.24) is 0 Å². The van der Waals surface area contributed by atoms with Gasteiger partial charge in [0.15, 0.2) is 0 Å². The largest absolute Gasteiger partial charge is 0.455 e. The first-order chi connectivity index (χ1) is 15.6. The molecule has 6 fully saturated rings. The topological polar surface area (TPSA) is 66.8 Å². The molecule has 2 N–H and O–H groups in total. The van der Waals surface area contributed by atoms with Crippen LogP contribution in [0, 0.1) is 50.2 Å². The van der Waals surface area contributed by atoms with E-state index in [4.69, 9.17) is 4.74 Å². The number of hydrogen-bond acceptors (Lipinski definition) is 4. The van der Waals surface area contributed by atoms with Crippen LogP contribution in [0.15, 0.2) is 0 Å². The van der Waals surface area contributed by atoms with E-state index in [-0.39, 0.29) is 50.5 Å².